The van der Waals surface area contributed by atoms with Crippen LogP contribution in [0.15, 0.2) is 40.8 Å². The molecule has 0 unspecified atom stereocenters. The van der Waals surface area contributed by atoms with Crippen molar-refractivity contribution in [2.24, 2.45) is 0 Å². The van der Waals surface area contributed by atoms with Gasteiger partial charge in [0.1, 0.15) is 5.76 Å². The van der Waals surface area contributed by atoms with Gasteiger partial charge in [0.25, 0.3) is 5.91 Å². The lowest BCUT2D eigenvalue weighted by atomic mass is 10.4. The highest BCUT2D eigenvalue weighted by atomic mass is 32.1. The molecular weight excluding hydrogens is 348 g/mol. The van der Waals surface area contributed by atoms with E-state index in [2.05, 4.69) is 22.2 Å². The average molecular weight is 364 g/mol. The van der Waals surface area contributed by atoms with E-state index in [-0.39, 0.29) is 12.2 Å². The SMILES string of the molecule is C=CCNc1nc(C(=O)OCC(=O)NC(=O)NCc2ccco2)cs1. The number of rotatable bonds is 8. The number of amides is 3. The Morgan fingerprint density at radius 2 is 2.24 bits per heavy atom. The van der Waals surface area contributed by atoms with Gasteiger partial charge >= 0.3 is 12.0 Å². The summed E-state index contributed by atoms with van der Waals surface area (Å²) in [6.07, 6.45) is 3.12. The van der Waals surface area contributed by atoms with E-state index in [0.717, 1.165) is 0 Å². The van der Waals surface area contributed by atoms with Crippen LogP contribution in [0.5, 0.6) is 0 Å². The highest BCUT2D eigenvalue weighted by Gasteiger charge is 2.15. The number of nitrogens with zero attached hydrogens (tertiary/aromatic N) is 1. The van der Waals surface area contributed by atoms with E-state index in [0.29, 0.717) is 17.4 Å². The zero-order valence-corrected chi connectivity index (χ0v) is 13.9. The van der Waals surface area contributed by atoms with Gasteiger partial charge < -0.3 is 19.8 Å². The van der Waals surface area contributed by atoms with Gasteiger partial charge in [-0.1, -0.05) is 6.08 Å². The Morgan fingerprint density at radius 3 is 2.96 bits per heavy atom. The van der Waals surface area contributed by atoms with E-state index >= 15 is 0 Å². The molecule has 2 rings (SSSR count). The Morgan fingerprint density at radius 1 is 1.40 bits per heavy atom. The average Bonchev–Trinajstić information content (AvgIpc) is 3.27. The molecule has 0 atom stereocenters. The fourth-order valence-corrected chi connectivity index (χ4v) is 2.29. The summed E-state index contributed by atoms with van der Waals surface area (Å²) in [7, 11) is 0. The van der Waals surface area contributed by atoms with Crippen LogP contribution in [-0.2, 0) is 16.1 Å². The van der Waals surface area contributed by atoms with Gasteiger partial charge in [0.05, 0.1) is 12.8 Å². The van der Waals surface area contributed by atoms with Crippen LogP contribution in [0.1, 0.15) is 16.2 Å². The largest absolute Gasteiger partial charge is 0.467 e. The second-order valence-electron chi connectivity index (χ2n) is 4.59. The molecule has 10 heteroatoms. The maximum atomic E-state index is 11.8. The summed E-state index contributed by atoms with van der Waals surface area (Å²) >= 11 is 1.22. The third kappa shape index (κ3) is 6.11. The zero-order chi connectivity index (χ0) is 18.1. The molecule has 0 fully saturated rings. The van der Waals surface area contributed by atoms with E-state index in [1.54, 1.807) is 18.2 Å². The Labute approximate surface area is 147 Å². The zero-order valence-electron chi connectivity index (χ0n) is 13.1. The first-order valence-corrected chi connectivity index (χ1v) is 8.04. The fourth-order valence-electron chi connectivity index (χ4n) is 1.60. The lowest BCUT2D eigenvalue weighted by Gasteiger charge is -2.06. The Bertz CT molecular complexity index is 741. The summed E-state index contributed by atoms with van der Waals surface area (Å²) in [5, 5.41) is 9.42. The second kappa shape index (κ2) is 9.23. The number of urea groups is 1. The summed E-state index contributed by atoms with van der Waals surface area (Å²) in [5.74, 6) is -0.974. The molecule has 25 heavy (non-hydrogen) atoms. The van der Waals surface area contributed by atoms with E-state index in [9.17, 15) is 14.4 Å². The molecule has 0 aliphatic rings. The molecule has 0 bridgehead atoms. The highest BCUT2D eigenvalue weighted by molar-refractivity contribution is 7.13. The summed E-state index contributed by atoms with van der Waals surface area (Å²) in [6, 6.07) is 2.63. The molecule has 3 amide bonds. The molecule has 0 aliphatic heterocycles. The van der Waals surface area contributed by atoms with Crippen LogP contribution in [0.2, 0.25) is 0 Å². The van der Waals surface area contributed by atoms with Gasteiger partial charge in [0, 0.05) is 11.9 Å². The van der Waals surface area contributed by atoms with Crippen LogP contribution in [-0.4, -0.2) is 36.0 Å². The molecule has 2 heterocycles. The number of carbonyl (C=O) groups excluding carboxylic acids is 3. The fraction of sp³-hybridized carbons (Fsp3) is 0.200. The lowest BCUT2D eigenvalue weighted by molar-refractivity contribution is -0.123. The van der Waals surface area contributed by atoms with E-state index in [1.165, 1.54) is 23.0 Å². The van der Waals surface area contributed by atoms with Gasteiger partial charge in [-0.2, -0.15) is 0 Å². The number of nitrogens with one attached hydrogen (secondary N) is 3. The molecule has 0 radical (unpaired) electrons. The molecule has 0 saturated heterocycles. The molecule has 0 spiro atoms. The quantitative estimate of drug-likeness (QED) is 0.479. The molecular formula is C15H16N4O5S. The Kier molecular flexibility index (Phi) is 6.72. The van der Waals surface area contributed by atoms with E-state index in [1.807, 2.05) is 5.32 Å². The molecule has 2 aromatic rings. The monoisotopic (exact) mass is 364 g/mol. The van der Waals surface area contributed by atoms with Crippen molar-refractivity contribution in [3.8, 4) is 0 Å². The first-order chi connectivity index (χ1) is 12.1. The number of ether oxygens (including phenoxy) is 1. The standard InChI is InChI=1S/C15H16N4O5S/c1-2-5-16-15-18-11(9-25-15)13(21)24-8-12(20)19-14(22)17-7-10-4-3-6-23-10/h2-4,6,9H,1,5,7-8H2,(H,16,18)(H2,17,19,20,22). The summed E-state index contributed by atoms with van der Waals surface area (Å²) in [6.45, 7) is 3.60. The number of hydrogen-bond acceptors (Lipinski definition) is 8. The van der Waals surface area contributed by atoms with Crippen LogP contribution < -0.4 is 16.0 Å². The number of aromatic nitrogens is 1. The van der Waals surface area contributed by atoms with Gasteiger partial charge in [-0.25, -0.2) is 14.6 Å². The molecule has 0 aromatic carbocycles. The van der Waals surface area contributed by atoms with E-state index < -0.39 is 24.5 Å². The van der Waals surface area contributed by atoms with Crippen molar-refractivity contribution in [3.05, 3.63) is 47.9 Å². The van der Waals surface area contributed by atoms with Gasteiger partial charge in [-0.05, 0) is 12.1 Å². The summed E-state index contributed by atoms with van der Waals surface area (Å²) in [5.41, 5.74) is 0.0756. The van der Waals surface area contributed by atoms with Crippen molar-refractivity contribution in [2.45, 2.75) is 6.54 Å². The first-order valence-electron chi connectivity index (χ1n) is 7.16. The maximum absolute atomic E-state index is 11.8. The molecule has 9 nitrogen and oxygen atoms in total. The normalized spacial score (nSPS) is 9.92. The van der Waals surface area contributed by atoms with Gasteiger partial charge in [-0.15, -0.1) is 17.9 Å². The molecule has 2 aromatic heterocycles. The lowest BCUT2D eigenvalue weighted by Crippen LogP contribution is -2.41. The number of hydrogen-bond donors (Lipinski definition) is 3. The minimum Gasteiger partial charge on any atom is -0.467 e. The number of esters is 1. The molecule has 0 saturated carbocycles. The maximum Gasteiger partial charge on any atom is 0.358 e. The van der Waals surface area contributed by atoms with Crippen LogP contribution in [0, 0.1) is 0 Å². The smallest absolute Gasteiger partial charge is 0.358 e. The third-order valence-electron chi connectivity index (χ3n) is 2.70. The number of imide groups is 1. The Balaban J connectivity index is 1.69. The molecule has 132 valence electrons. The van der Waals surface area contributed by atoms with Gasteiger partial charge in [0.15, 0.2) is 17.4 Å². The highest BCUT2D eigenvalue weighted by Crippen LogP contribution is 2.15. The minimum atomic E-state index is -0.759. The minimum absolute atomic E-state index is 0.0756. The van der Waals surface area contributed by atoms with Crippen LogP contribution >= 0.6 is 11.3 Å². The van der Waals surface area contributed by atoms with E-state index in [4.69, 9.17) is 9.15 Å². The van der Waals surface area contributed by atoms with Gasteiger partial charge in [0.2, 0.25) is 0 Å². The molecule has 0 aliphatic carbocycles. The molecule has 3 N–H and O–H groups in total. The van der Waals surface area contributed by atoms with Crippen LogP contribution in [0.25, 0.3) is 0 Å². The number of furan rings is 1. The van der Waals surface area contributed by atoms with Crippen molar-refractivity contribution >= 4 is 34.4 Å². The van der Waals surface area contributed by atoms with Crippen molar-refractivity contribution in [1.82, 2.24) is 15.6 Å². The van der Waals surface area contributed by atoms with Crippen molar-refractivity contribution in [3.63, 3.8) is 0 Å². The third-order valence-corrected chi connectivity index (χ3v) is 3.50. The number of thiazole rings is 1. The second-order valence-corrected chi connectivity index (χ2v) is 5.45. The first kappa shape index (κ1) is 18.2. The summed E-state index contributed by atoms with van der Waals surface area (Å²) in [4.78, 5) is 38.9. The van der Waals surface area contributed by atoms with Gasteiger partial charge in [-0.3, -0.25) is 10.1 Å². The predicted octanol–water partition coefficient (Wildman–Crippen LogP) is 1.52. The van der Waals surface area contributed by atoms with Crippen molar-refractivity contribution < 1.29 is 23.5 Å². The summed E-state index contributed by atoms with van der Waals surface area (Å²) < 4.78 is 9.84. The van der Waals surface area contributed by atoms with Crippen LogP contribution in [0.4, 0.5) is 9.93 Å². The van der Waals surface area contributed by atoms with Crippen LogP contribution in [0.3, 0.4) is 0 Å². The predicted molar refractivity (Wildman–Crippen MR) is 90.2 cm³/mol. The van der Waals surface area contributed by atoms with Crippen molar-refractivity contribution in [1.29, 1.82) is 0 Å². The number of carbonyl (C=O) groups is 3. The Hall–Kier alpha value is -3.14. The number of anilines is 1. The topological polar surface area (TPSA) is 123 Å². The van der Waals surface area contributed by atoms with Crippen molar-refractivity contribution in [2.75, 3.05) is 18.5 Å².